The highest BCUT2D eigenvalue weighted by molar-refractivity contribution is 5.99. The number of amides is 1. The number of aromatic amines is 1. The van der Waals surface area contributed by atoms with Crippen LogP contribution in [0, 0.1) is 0 Å². The van der Waals surface area contributed by atoms with Crippen molar-refractivity contribution in [3.05, 3.63) is 42.0 Å². The van der Waals surface area contributed by atoms with Gasteiger partial charge in [-0.3, -0.25) is 4.79 Å². The van der Waals surface area contributed by atoms with Crippen molar-refractivity contribution < 1.29 is 14.3 Å². The molecule has 2 N–H and O–H groups in total. The van der Waals surface area contributed by atoms with Gasteiger partial charge in [0, 0.05) is 12.4 Å². The predicted molar refractivity (Wildman–Crippen MR) is 69.3 cm³/mol. The van der Waals surface area contributed by atoms with Crippen LogP contribution in [0.4, 0.5) is 0 Å². The molecule has 0 bridgehead atoms. The van der Waals surface area contributed by atoms with Gasteiger partial charge in [-0.1, -0.05) is 6.07 Å². The molecular formula is C13H15N3O3. The number of nitrogens with zero attached hydrogens (tertiary/aromatic N) is 1. The second kappa shape index (κ2) is 5.90. The first kappa shape index (κ1) is 12.9. The summed E-state index contributed by atoms with van der Waals surface area (Å²) in [4.78, 5) is 19.1. The van der Waals surface area contributed by atoms with Crippen LogP contribution in [0.2, 0.25) is 0 Å². The van der Waals surface area contributed by atoms with Gasteiger partial charge < -0.3 is 19.8 Å². The topological polar surface area (TPSA) is 76.2 Å². The van der Waals surface area contributed by atoms with Crippen molar-refractivity contribution in [3.8, 4) is 11.5 Å². The molecule has 6 heteroatoms. The van der Waals surface area contributed by atoms with Crippen molar-refractivity contribution in [2.75, 3.05) is 14.2 Å². The number of imidazole rings is 1. The normalized spacial score (nSPS) is 10.0. The lowest BCUT2D eigenvalue weighted by molar-refractivity contribution is 0.0943. The smallest absolute Gasteiger partial charge is 0.259 e. The van der Waals surface area contributed by atoms with Crippen LogP contribution >= 0.6 is 0 Å². The van der Waals surface area contributed by atoms with Crippen LogP contribution in [0.15, 0.2) is 30.6 Å². The molecule has 0 aliphatic heterocycles. The van der Waals surface area contributed by atoms with E-state index in [-0.39, 0.29) is 5.91 Å². The van der Waals surface area contributed by atoms with Gasteiger partial charge in [-0.2, -0.15) is 0 Å². The number of nitrogens with one attached hydrogen (secondary N) is 2. The molecule has 19 heavy (non-hydrogen) atoms. The zero-order valence-corrected chi connectivity index (χ0v) is 10.8. The Kier molecular flexibility index (Phi) is 4.02. The summed E-state index contributed by atoms with van der Waals surface area (Å²) in [5, 5.41) is 2.76. The zero-order valence-electron chi connectivity index (χ0n) is 10.8. The van der Waals surface area contributed by atoms with Gasteiger partial charge in [-0.25, -0.2) is 4.98 Å². The maximum absolute atomic E-state index is 12.2. The Morgan fingerprint density at radius 1 is 1.32 bits per heavy atom. The molecule has 0 spiro atoms. The molecular weight excluding hydrogens is 246 g/mol. The van der Waals surface area contributed by atoms with E-state index in [2.05, 4.69) is 15.3 Å². The minimum atomic E-state index is -0.272. The summed E-state index contributed by atoms with van der Waals surface area (Å²) in [6.45, 7) is 0.313. The van der Waals surface area contributed by atoms with E-state index in [1.54, 1.807) is 30.6 Å². The Labute approximate surface area is 110 Å². The van der Waals surface area contributed by atoms with Crippen LogP contribution in [0.25, 0.3) is 0 Å². The zero-order chi connectivity index (χ0) is 13.7. The Morgan fingerprint density at radius 3 is 2.53 bits per heavy atom. The summed E-state index contributed by atoms with van der Waals surface area (Å²) < 4.78 is 10.4. The molecule has 2 aromatic rings. The van der Waals surface area contributed by atoms with Gasteiger partial charge in [0.25, 0.3) is 5.91 Å². The number of aromatic nitrogens is 2. The van der Waals surface area contributed by atoms with Crippen LogP contribution in [0.3, 0.4) is 0 Å². The van der Waals surface area contributed by atoms with E-state index >= 15 is 0 Å². The maximum Gasteiger partial charge on any atom is 0.259 e. The largest absolute Gasteiger partial charge is 0.496 e. The Balaban J connectivity index is 2.18. The molecule has 0 atom stereocenters. The first-order valence-corrected chi connectivity index (χ1v) is 5.73. The van der Waals surface area contributed by atoms with Crippen LogP contribution in [0.1, 0.15) is 16.2 Å². The van der Waals surface area contributed by atoms with Crippen LogP contribution in [-0.4, -0.2) is 30.1 Å². The third-order valence-corrected chi connectivity index (χ3v) is 2.63. The van der Waals surface area contributed by atoms with Crippen LogP contribution in [0.5, 0.6) is 11.5 Å². The lowest BCUT2D eigenvalue weighted by Crippen LogP contribution is -2.24. The van der Waals surface area contributed by atoms with Gasteiger partial charge in [-0.15, -0.1) is 0 Å². The lowest BCUT2D eigenvalue weighted by atomic mass is 10.1. The Bertz CT molecular complexity index is 530. The van der Waals surface area contributed by atoms with E-state index in [0.29, 0.717) is 29.4 Å². The number of ether oxygens (including phenoxy) is 2. The number of hydrogen-bond donors (Lipinski definition) is 2. The number of methoxy groups -OCH3 is 2. The van der Waals surface area contributed by atoms with Crippen molar-refractivity contribution in [2.24, 2.45) is 0 Å². The highest BCUT2D eigenvalue weighted by atomic mass is 16.5. The van der Waals surface area contributed by atoms with Gasteiger partial charge in [0.1, 0.15) is 22.9 Å². The highest BCUT2D eigenvalue weighted by Gasteiger charge is 2.17. The third-order valence-electron chi connectivity index (χ3n) is 2.63. The average molecular weight is 261 g/mol. The summed E-state index contributed by atoms with van der Waals surface area (Å²) in [6, 6.07) is 5.19. The minimum Gasteiger partial charge on any atom is -0.496 e. The number of carbonyl (C=O) groups is 1. The molecule has 1 amide bonds. The molecule has 100 valence electrons. The molecule has 2 rings (SSSR count). The molecule has 0 unspecified atom stereocenters. The second-order valence-electron chi connectivity index (χ2n) is 3.76. The van der Waals surface area contributed by atoms with Crippen molar-refractivity contribution in [1.82, 2.24) is 15.3 Å². The molecule has 0 saturated heterocycles. The van der Waals surface area contributed by atoms with Crippen molar-refractivity contribution in [3.63, 3.8) is 0 Å². The summed E-state index contributed by atoms with van der Waals surface area (Å²) in [6.07, 6.45) is 3.33. The van der Waals surface area contributed by atoms with Gasteiger partial charge in [0.15, 0.2) is 0 Å². The van der Waals surface area contributed by atoms with Crippen LogP contribution < -0.4 is 14.8 Å². The first-order valence-electron chi connectivity index (χ1n) is 5.73. The van der Waals surface area contributed by atoms with Crippen molar-refractivity contribution in [2.45, 2.75) is 6.54 Å². The molecule has 0 saturated carbocycles. The average Bonchev–Trinajstić information content (AvgIpc) is 2.97. The van der Waals surface area contributed by atoms with Crippen LogP contribution in [-0.2, 0) is 6.54 Å². The molecule has 0 aliphatic rings. The lowest BCUT2D eigenvalue weighted by Gasteiger charge is -2.12. The third kappa shape index (κ3) is 2.85. The molecule has 1 aromatic heterocycles. The number of carbonyl (C=O) groups excluding carboxylic acids is 1. The van der Waals surface area contributed by atoms with Gasteiger partial charge in [0.2, 0.25) is 0 Å². The van der Waals surface area contributed by atoms with E-state index in [1.807, 2.05) is 0 Å². The minimum absolute atomic E-state index is 0.272. The fraction of sp³-hybridized carbons (Fsp3) is 0.231. The van der Waals surface area contributed by atoms with Crippen molar-refractivity contribution in [1.29, 1.82) is 0 Å². The van der Waals surface area contributed by atoms with Gasteiger partial charge >= 0.3 is 0 Å². The Morgan fingerprint density at radius 2 is 2.00 bits per heavy atom. The first-order chi connectivity index (χ1) is 9.26. The standard InChI is InChI=1S/C13H15N3O3/c1-18-9-4-3-5-10(19-2)12(9)13(17)16-8-11-14-6-7-15-11/h3-7H,8H2,1-2H3,(H,14,15)(H,16,17). The molecule has 0 fully saturated rings. The Hall–Kier alpha value is -2.50. The number of hydrogen-bond acceptors (Lipinski definition) is 4. The van der Waals surface area contributed by atoms with E-state index in [4.69, 9.17) is 9.47 Å². The highest BCUT2D eigenvalue weighted by Crippen LogP contribution is 2.27. The predicted octanol–water partition coefficient (Wildman–Crippen LogP) is 1.36. The summed E-state index contributed by atoms with van der Waals surface area (Å²) >= 11 is 0. The number of H-pyrrole nitrogens is 1. The summed E-state index contributed by atoms with van der Waals surface area (Å²) in [5.74, 6) is 1.35. The van der Waals surface area contributed by atoms with Gasteiger partial charge in [0.05, 0.1) is 20.8 Å². The molecule has 0 radical (unpaired) electrons. The molecule has 6 nitrogen and oxygen atoms in total. The fourth-order valence-electron chi connectivity index (χ4n) is 1.72. The summed E-state index contributed by atoms with van der Waals surface area (Å²) in [5.41, 5.74) is 0.374. The SMILES string of the molecule is COc1cccc(OC)c1C(=O)NCc1ncc[nH]1. The number of rotatable bonds is 5. The maximum atomic E-state index is 12.2. The van der Waals surface area contributed by atoms with E-state index in [1.165, 1.54) is 14.2 Å². The van der Waals surface area contributed by atoms with E-state index in [9.17, 15) is 4.79 Å². The fourth-order valence-corrected chi connectivity index (χ4v) is 1.72. The second-order valence-corrected chi connectivity index (χ2v) is 3.76. The monoisotopic (exact) mass is 261 g/mol. The van der Waals surface area contributed by atoms with Crippen molar-refractivity contribution >= 4 is 5.91 Å². The molecule has 0 aliphatic carbocycles. The van der Waals surface area contributed by atoms with Gasteiger partial charge in [-0.05, 0) is 12.1 Å². The van der Waals surface area contributed by atoms with E-state index < -0.39 is 0 Å². The number of benzene rings is 1. The molecule has 1 aromatic carbocycles. The quantitative estimate of drug-likeness (QED) is 0.852. The summed E-state index contributed by atoms with van der Waals surface area (Å²) in [7, 11) is 3.02. The molecule has 1 heterocycles. The van der Waals surface area contributed by atoms with E-state index in [0.717, 1.165) is 0 Å².